The van der Waals surface area contributed by atoms with Gasteiger partial charge in [0, 0.05) is 22.0 Å². The molecule has 36 heavy (non-hydrogen) atoms. The predicted molar refractivity (Wildman–Crippen MR) is 142 cm³/mol. The third-order valence-electron chi connectivity index (χ3n) is 6.40. The quantitative estimate of drug-likeness (QED) is 0.509. The number of fused-ring (bicyclic) bond motifs is 1. The van der Waals surface area contributed by atoms with Gasteiger partial charge in [0.25, 0.3) is 21.8 Å². The molecule has 1 heterocycles. The molecule has 2 amide bonds. The van der Waals surface area contributed by atoms with Crippen LogP contribution in [0.1, 0.15) is 28.8 Å². The fraction of sp³-hybridized carbons (Fsp3) is 0.333. The van der Waals surface area contributed by atoms with Crippen LogP contribution >= 0.6 is 0 Å². The SMILES string of the molecule is Cc1ccccc1C(=O)Nc1ccc(S(=O)(=O)N(C(=O)CN(C)C)C2CCNCC2)c2ccccc12. The van der Waals surface area contributed by atoms with Crippen LogP contribution < -0.4 is 10.6 Å². The minimum absolute atomic E-state index is 0.00828. The van der Waals surface area contributed by atoms with Gasteiger partial charge >= 0.3 is 0 Å². The number of hydrogen-bond donors (Lipinski definition) is 2. The van der Waals surface area contributed by atoms with Crippen LogP contribution in [-0.2, 0) is 14.8 Å². The van der Waals surface area contributed by atoms with Crippen molar-refractivity contribution in [1.29, 1.82) is 0 Å². The number of sulfonamides is 1. The van der Waals surface area contributed by atoms with Gasteiger partial charge in [-0.25, -0.2) is 12.7 Å². The summed E-state index contributed by atoms with van der Waals surface area (Å²) in [7, 11) is -0.675. The van der Waals surface area contributed by atoms with Crippen LogP contribution in [0.2, 0.25) is 0 Å². The van der Waals surface area contributed by atoms with Crippen molar-refractivity contribution in [1.82, 2.24) is 14.5 Å². The van der Waals surface area contributed by atoms with Crippen LogP contribution in [0.25, 0.3) is 10.8 Å². The van der Waals surface area contributed by atoms with Crippen molar-refractivity contribution in [3.63, 3.8) is 0 Å². The Hall–Kier alpha value is -3.27. The second-order valence-electron chi connectivity index (χ2n) is 9.34. The Morgan fingerprint density at radius 2 is 1.58 bits per heavy atom. The van der Waals surface area contributed by atoms with Gasteiger partial charge in [0.15, 0.2) is 0 Å². The van der Waals surface area contributed by atoms with Crippen LogP contribution in [0.15, 0.2) is 65.6 Å². The molecule has 9 heteroatoms. The summed E-state index contributed by atoms with van der Waals surface area (Å²) in [5.74, 6) is -0.723. The molecule has 2 N–H and O–H groups in total. The predicted octanol–water partition coefficient (Wildman–Crippen LogP) is 3.23. The number of rotatable bonds is 7. The number of nitrogens with zero attached hydrogens (tertiary/aromatic N) is 2. The van der Waals surface area contributed by atoms with Crippen molar-refractivity contribution in [3.05, 3.63) is 71.8 Å². The van der Waals surface area contributed by atoms with E-state index in [1.54, 1.807) is 61.5 Å². The number of anilines is 1. The van der Waals surface area contributed by atoms with Crippen LogP contribution in [0.4, 0.5) is 5.69 Å². The molecule has 1 aliphatic heterocycles. The topological polar surface area (TPSA) is 98.8 Å². The molecular formula is C27H32N4O4S. The number of carbonyl (C=O) groups is 2. The van der Waals surface area contributed by atoms with Crippen LogP contribution in [0.3, 0.4) is 0 Å². The Morgan fingerprint density at radius 3 is 2.25 bits per heavy atom. The van der Waals surface area contributed by atoms with Crippen molar-refractivity contribution in [2.24, 2.45) is 0 Å². The van der Waals surface area contributed by atoms with Crippen molar-refractivity contribution < 1.29 is 18.0 Å². The fourth-order valence-corrected chi connectivity index (χ4v) is 6.48. The molecule has 3 aromatic rings. The van der Waals surface area contributed by atoms with E-state index in [1.165, 1.54) is 6.07 Å². The molecule has 4 rings (SSSR count). The smallest absolute Gasteiger partial charge is 0.267 e. The van der Waals surface area contributed by atoms with Gasteiger partial charge in [-0.1, -0.05) is 42.5 Å². The number of aryl methyl sites for hydroxylation is 1. The molecule has 1 saturated heterocycles. The Morgan fingerprint density at radius 1 is 0.944 bits per heavy atom. The van der Waals surface area contributed by atoms with Gasteiger partial charge in [0.1, 0.15) is 0 Å². The first-order chi connectivity index (χ1) is 17.2. The van der Waals surface area contributed by atoms with Crippen LogP contribution in [-0.4, -0.2) is 69.2 Å². The van der Waals surface area contributed by atoms with Gasteiger partial charge in [-0.3, -0.25) is 9.59 Å². The molecule has 190 valence electrons. The molecule has 0 radical (unpaired) electrons. The van der Waals surface area contributed by atoms with Gasteiger partial charge in [0.05, 0.1) is 17.5 Å². The maximum Gasteiger partial charge on any atom is 0.267 e. The largest absolute Gasteiger partial charge is 0.321 e. The lowest BCUT2D eigenvalue weighted by Crippen LogP contribution is -2.51. The summed E-state index contributed by atoms with van der Waals surface area (Å²) in [6, 6.07) is 17.0. The maximum atomic E-state index is 14.0. The number of carbonyl (C=O) groups excluding carboxylic acids is 2. The second-order valence-corrected chi connectivity index (χ2v) is 11.1. The second kappa shape index (κ2) is 10.8. The summed E-state index contributed by atoms with van der Waals surface area (Å²) in [5, 5.41) is 7.21. The fourth-order valence-electron chi connectivity index (χ4n) is 4.64. The first kappa shape index (κ1) is 25.8. The number of piperidine rings is 1. The molecule has 0 aromatic heterocycles. The molecule has 8 nitrogen and oxygen atoms in total. The summed E-state index contributed by atoms with van der Waals surface area (Å²) in [6.07, 6.45) is 1.11. The molecule has 0 bridgehead atoms. The Balaban J connectivity index is 1.77. The summed E-state index contributed by atoms with van der Waals surface area (Å²) in [5.41, 5.74) is 1.89. The number of nitrogens with one attached hydrogen (secondary N) is 2. The van der Waals surface area contributed by atoms with Crippen molar-refractivity contribution in [3.8, 4) is 0 Å². The van der Waals surface area contributed by atoms with Gasteiger partial charge < -0.3 is 15.5 Å². The van der Waals surface area contributed by atoms with E-state index in [9.17, 15) is 18.0 Å². The Bertz CT molecular complexity index is 1380. The third-order valence-corrected chi connectivity index (χ3v) is 8.33. The number of hydrogen-bond acceptors (Lipinski definition) is 6. The minimum atomic E-state index is -4.16. The zero-order valence-corrected chi connectivity index (χ0v) is 21.6. The summed E-state index contributed by atoms with van der Waals surface area (Å²) in [4.78, 5) is 27.9. The first-order valence-electron chi connectivity index (χ1n) is 12.0. The normalized spacial score (nSPS) is 14.7. The van der Waals surface area contributed by atoms with E-state index in [2.05, 4.69) is 10.6 Å². The summed E-state index contributed by atoms with van der Waals surface area (Å²) in [6.45, 7) is 3.15. The highest BCUT2D eigenvalue weighted by Crippen LogP contribution is 2.33. The van der Waals surface area contributed by atoms with Crippen LogP contribution in [0.5, 0.6) is 0 Å². The molecule has 0 atom stereocenters. The summed E-state index contributed by atoms with van der Waals surface area (Å²) >= 11 is 0. The first-order valence-corrected chi connectivity index (χ1v) is 13.5. The number of benzene rings is 3. The van der Waals surface area contributed by atoms with Gasteiger partial charge in [0.2, 0.25) is 0 Å². The van der Waals surface area contributed by atoms with Gasteiger partial charge in [-0.15, -0.1) is 0 Å². The monoisotopic (exact) mass is 508 g/mol. The highest BCUT2D eigenvalue weighted by Gasteiger charge is 2.37. The van der Waals surface area contributed by atoms with E-state index < -0.39 is 22.0 Å². The lowest BCUT2D eigenvalue weighted by molar-refractivity contribution is -0.128. The highest BCUT2D eigenvalue weighted by atomic mass is 32.2. The van der Waals surface area contributed by atoms with E-state index in [0.717, 1.165) is 9.87 Å². The molecular weight excluding hydrogens is 476 g/mol. The average molecular weight is 509 g/mol. The Labute approximate surface area is 212 Å². The molecule has 1 aliphatic rings. The zero-order valence-electron chi connectivity index (χ0n) is 20.8. The molecule has 0 saturated carbocycles. The molecule has 0 spiro atoms. The minimum Gasteiger partial charge on any atom is -0.321 e. The zero-order chi connectivity index (χ0) is 25.9. The highest BCUT2D eigenvalue weighted by molar-refractivity contribution is 7.90. The standard InChI is InChI=1S/C27H32N4O4S/c1-19-8-4-5-9-21(19)27(33)29-24-12-13-25(23-11-7-6-10-22(23)24)36(34,35)31(26(32)18-30(2)3)20-14-16-28-17-15-20/h4-13,20,28H,14-18H2,1-3H3,(H,29,33). The number of likely N-dealkylation sites (N-methyl/N-ethyl adjacent to an activating group) is 1. The lowest BCUT2D eigenvalue weighted by atomic mass is 10.1. The van der Waals surface area contributed by atoms with E-state index in [4.69, 9.17) is 0 Å². The van der Waals surface area contributed by atoms with E-state index in [0.29, 0.717) is 48.0 Å². The van der Waals surface area contributed by atoms with Crippen molar-refractivity contribution in [2.45, 2.75) is 30.7 Å². The lowest BCUT2D eigenvalue weighted by Gasteiger charge is -2.34. The van der Waals surface area contributed by atoms with Gasteiger partial charge in [-0.05, 0) is 70.7 Å². The Kier molecular flexibility index (Phi) is 7.73. The van der Waals surface area contributed by atoms with Crippen molar-refractivity contribution in [2.75, 3.05) is 39.0 Å². The van der Waals surface area contributed by atoms with E-state index in [-0.39, 0.29) is 17.3 Å². The van der Waals surface area contributed by atoms with E-state index >= 15 is 0 Å². The van der Waals surface area contributed by atoms with Gasteiger partial charge in [-0.2, -0.15) is 0 Å². The molecule has 3 aromatic carbocycles. The van der Waals surface area contributed by atoms with Crippen molar-refractivity contribution >= 4 is 38.3 Å². The summed E-state index contributed by atoms with van der Waals surface area (Å²) < 4.78 is 29.2. The molecule has 0 aliphatic carbocycles. The van der Waals surface area contributed by atoms with E-state index in [1.807, 2.05) is 19.1 Å². The maximum absolute atomic E-state index is 14.0. The number of amides is 2. The third kappa shape index (κ3) is 5.28. The average Bonchev–Trinajstić information content (AvgIpc) is 2.84. The van der Waals surface area contributed by atoms with Crippen LogP contribution in [0, 0.1) is 6.92 Å². The molecule has 1 fully saturated rings. The molecule has 0 unspecified atom stereocenters.